The number of alkyl halides is 3. The van der Waals surface area contributed by atoms with Crippen LogP contribution in [-0.4, -0.2) is 49.6 Å². The molecule has 0 aliphatic carbocycles. The fourth-order valence-corrected chi connectivity index (χ4v) is 4.15. The molecule has 0 bridgehead atoms. The molecule has 1 aliphatic heterocycles. The molecule has 4 rings (SSSR count). The van der Waals surface area contributed by atoms with Crippen LogP contribution < -0.4 is 16.4 Å². The highest BCUT2D eigenvalue weighted by molar-refractivity contribution is 6.03. The Labute approximate surface area is 224 Å². The van der Waals surface area contributed by atoms with E-state index in [0.717, 1.165) is 23.3 Å². The van der Waals surface area contributed by atoms with E-state index in [1.165, 1.54) is 18.2 Å². The number of nitrogens with zero attached hydrogens (tertiary/aromatic N) is 1. The van der Waals surface area contributed by atoms with Crippen molar-refractivity contribution in [1.82, 2.24) is 4.90 Å². The van der Waals surface area contributed by atoms with E-state index in [0.29, 0.717) is 44.2 Å². The Morgan fingerprint density at radius 1 is 0.949 bits per heavy atom. The van der Waals surface area contributed by atoms with Crippen molar-refractivity contribution in [1.29, 1.82) is 0 Å². The van der Waals surface area contributed by atoms with Gasteiger partial charge in [-0.15, -0.1) is 0 Å². The number of benzene rings is 3. The van der Waals surface area contributed by atoms with Gasteiger partial charge in [0.2, 0.25) is 11.8 Å². The van der Waals surface area contributed by atoms with Crippen LogP contribution in [0.1, 0.15) is 22.6 Å². The third kappa shape index (κ3) is 7.92. The number of rotatable bonds is 8. The third-order valence-corrected chi connectivity index (χ3v) is 6.33. The highest BCUT2D eigenvalue weighted by Crippen LogP contribution is 2.30. The number of hydrogen-bond donors (Lipinski definition) is 3. The van der Waals surface area contributed by atoms with E-state index < -0.39 is 17.7 Å². The maximum absolute atomic E-state index is 13.3. The lowest BCUT2D eigenvalue weighted by atomic mass is 9.95. The molecule has 1 unspecified atom stereocenters. The zero-order chi connectivity index (χ0) is 27.8. The first kappa shape index (κ1) is 27.9. The molecule has 1 atom stereocenters. The summed E-state index contributed by atoms with van der Waals surface area (Å²) < 4.78 is 44.1. The summed E-state index contributed by atoms with van der Waals surface area (Å²) in [4.78, 5) is 27.7. The number of ether oxygens (including phenoxy) is 1. The Hall–Kier alpha value is -4.15. The van der Waals surface area contributed by atoms with Crippen molar-refractivity contribution < 1.29 is 27.5 Å². The Morgan fingerprint density at radius 2 is 1.62 bits per heavy atom. The minimum Gasteiger partial charge on any atom is -0.397 e. The topological polar surface area (TPSA) is 96.7 Å². The normalized spacial score (nSPS) is 15.2. The number of hydrogen-bond acceptors (Lipinski definition) is 5. The van der Waals surface area contributed by atoms with E-state index in [2.05, 4.69) is 15.5 Å². The fraction of sp³-hybridized carbons (Fsp3) is 0.241. The lowest BCUT2D eigenvalue weighted by Gasteiger charge is -2.30. The van der Waals surface area contributed by atoms with Gasteiger partial charge in [0.1, 0.15) is 0 Å². The Bertz CT molecular complexity index is 1300. The van der Waals surface area contributed by atoms with Gasteiger partial charge in [-0.1, -0.05) is 36.4 Å². The van der Waals surface area contributed by atoms with Gasteiger partial charge in [0.15, 0.2) is 0 Å². The van der Waals surface area contributed by atoms with Crippen molar-refractivity contribution in [3.8, 4) is 0 Å². The summed E-state index contributed by atoms with van der Waals surface area (Å²) in [5.74, 6) is -1.24. The number of carbonyl (C=O) groups excluding carboxylic acids is 2. The third-order valence-electron chi connectivity index (χ3n) is 6.33. The summed E-state index contributed by atoms with van der Waals surface area (Å²) in [5.41, 5.74) is 7.83. The van der Waals surface area contributed by atoms with Crippen LogP contribution in [0.2, 0.25) is 0 Å². The zero-order valence-corrected chi connectivity index (χ0v) is 21.1. The Balaban J connectivity index is 1.46. The van der Waals surface area contributed by atoms with Crippen LogP contribution in [0.15, 0.2) is 78.9 Å². The summed E-state index contributed by atoms with van der Waals surface area (Å²) in [6, 6.07) is 18.5. The summed E-state index contributed by atoms with van der Waals surface area (Å²) in [6.45, 7) is 2.89. The van der Waals surface area contributed by atoms with Crippen LogP contribution in [0, 0.1) is 0 Å². The standard InChI is InChI=1S/C29H29F3N4O3/c30-29(31,32)22-10-12-23(13-11-22)34-28(38)24(19-36-15-17-39-18-16-36)21-8-5-20(6-9-21)7-14-27(37)35-26-4-2-1-3-25(26)33/h1-14,24H,15-19,33H2,(H,34,38)(H,35,37)/b14-7+. The molecule has 3 aromatic rings. The van der Waals surface area contributed by atoms with Crippen molar-refractivity contribution in [3.05, 3.63) is 95.6 Å². The summed E-state index contributed by atoms with van der Waals surface area (Å²) >= 11 is 0. The second-order valence-corrected chi connectivity index (χ2v) is 9.11. The van der Waals surface area contributed by atoms with Gasteiger partial charge in [0, 0.05) is 31.4 Å². The number of halogens is 3. The van der Waals surface area contributed by atoms with E-state index in [9.17, 15) is 22.8 Å². The van der Waals surface area contributed by atoms with Gasteiger partial charge in [-0.25, -0.2) is 0 Å². The Kier molecular flexibility index (Phi) is 9.00. The molecule has 1 aliphatic rings. The number of morpholine rings is 1. The number of nitrogens with one attached hydrogen (secondary N) is 2. The SMILES string of the molecule is Nc1ccccc1NC(=O)/C=C/c1ccc(C(CN2CCOCC2)C(=O)Nc2ccc(C(F)(F)F)cc2)cc1. The summed E-state index contributed by atoms with van der Waals surface area (Å²) in [7, 11) is 0. The second kappa shape index (κ2) is 12.6. The van der Waals surface area contributed by atoms with Crippen molar-refractivity contribution in [2.45, 2.75) is 12.1 Å². The molecule has 1 saturated heterocycles. The van der Waals surface area contributed by atoms with E-state index in [1.54, 1.807) is 42.5 Å². The van der Waals surface area contributed by atoms with Gasteiger partial charge in [-0.05, 0) is 53.6 Å². The van der Waals surface area contributed by atoms with Crippen LogP contribution >= 0.6 is 0 Å². The maximum Gasteiger partial charge on any atom is 0.416 e. The van der Waals surface area contributed by atoms with Crippen LogP contribution in [0.4, 0.5) is 30.2 Å². The molecule has 0 aromatic heterocycles. The number of anilines is 3. The lowest BCUT2D eigenvalue weighted by Crippen LogP contribution is -2.41. The van der Waals surface area contributed by atoms with Gasteiger partial charge in [0.05, 0.1) is 36.1 Å². The van der Waals surface area contributed by atoms with Crippen molar-refractivity contribution in [3.63, 3.8) is 0 Å². The van der Waals surface area contributed by atoms with Gasteiger partial charge in [0.25, 0.3) is 0 Å². The first-order valence-electron chi connectivity index (χ1n) is 12.4. The number of carbonyl (C=O) groups is 2. The monoisotopic (exact) mass is 538 g/mol. The van der Waals surface area contributed by atoms with Crippen LogP contribution in [0.3, 0.4) is 0 Å². The molecule has 0 saturated carbocycles. The quantitative estimate of drug-likeness (QED) is 0.277. The minimum absolute atomic E-state index is 0.282. The smallest absolute Gasteiger partial charge is 0.397 e. The molecule has 7 nitrogen and oxygen atoms in total. The number of amides is 2. The highest BCUT2D eigenvalue weighted by Gasteiger charge is 2.30. The highest BCUT2D eigenvalue weighted by atomic mass is 19.4. The molecule has 204 valence electrons. The fourth-order valence-electron chi connectivity index (χ4n) is 4.15. The molecule has 39 heavy (non-hydrogen) atoms. The van der Waals surface area contributed by atoms with Gasteiger partial charge >= 0.3 is 6.18 Å². The predicted octanol–water partition coefficient (Wildman–Crippen LogP) is 4.99. The number of nitrogens with two attached hydrogens (primary N) is 1. The van der Waals surface area contributed by atoms with Crippen LogP contribution in [0.5, 0.6) is 0 Å². The molecular formula is C29H29F3N4O3. The average Bonchev–Trinajstić information content (AvgIpc) is 2.92. The molecule has 10 heteroatoms. The molecule has 4 N–H and O–H groups in total. The van der Waals surface area contributed by atoms with Crippen LogP contribution in [-0.2, 0) is 20.5 Å². The molecule has 1 heterocycles. The molecule has 0 spiro atoms. The molecule has 3 aromatic carbocycles. The average molecular weight is 539 g/mol. The van der Waals surface area contributed by atoms with Crippen molar-refractivity contribution >= 4 is 35.0 Å². The summed E-state index contributed by atoms with van der Waals surface area (Å²) in [5, 5.41) is 5.47. The van der Waals surface area contributed by atoms with E-state index in [1.807, 2.05) is 12.1 Å². The van der Waals surface area contributed by atoms with E-state index >= 15 is 0 Å². The zero-order valence-electron chi connectivity index (χ0n) is 21.1. The molecular weight excluding hydrogens is 509 g/mol. The molecule has 1 fully saturated rings. The lowest BCUT2D eigenvalue weighted by molar-refractivity contribution is -0.137. The Morgan fingerprint density at radius 3 is 2.26 bits per heavy atom. The maximum atomic E-state index is 13.3. The summed E-state index contributed by atoms with van der Waals surface area (Å²) in [6.07, 6.45) is -1.41. The van der Waals surface area contributed by atoms with E-state index in [4.69, 9.17) is 10.5 Å². The molecule has 0 radical (unpaired) electrons. The van der Waals surface area contributed by atoms with Gasteiger partial charge in [-0.3, -0.25) is 14.5 Å². The van der Waals surface area contributed by atoms with E-state index in [-0.39, 0.29) is 17.5 Å². The number of nitrogen functional groups attached to an aromatic ring is 1. The van der Waals surface area contributed by atoms with Gasteiger partial charge < -0.3 is 21.1 Å². The first-order chi connectivity index (χ1) is 18.7. The molecule has 2 amide bonds. The van der Waals surface area contributed by atoms with Crippen molar-refractivity contribution in [2.75, 3.05) is 49.2 Å². The largest absolute Gasteiger partial charge is 0.416 e. The van der Waals surface area contributed by atoms with Crippen LogP contribution in [0.25, 0.3) is 6.08 Å². The minimum atomic E-state index is -4.45. The van der Waals surface area contributed by atoms with Gasteiger partial charge in [-0.2, -0.15) is 13.2 Å². The number of para-hydroxylation sites is 2. The first-order valence-corrected chi connectivity index (χ1v) is 12.4. The second-order valence-electron chi connectivity index (χ2n) is 9.11. The predicted molar refractivity (Wildman–Crippen MR) is 145 cm³/mol. The van der Waals surface area contributed by atoms with Crippen molar-refractivity contribution in [2.24, 2.45) is 0 Å².